The van der Waals surface area contributed by atoms with Crippen molar-refractivity contribution in [3.05, 3.63) is 45.7 Å². The van der Waals surface area contributed by atoms with E-state index in [1.165, 1.54) is 20.7 Å². The Kier molecular flexibility index (Phi) is 4.67. The minimum atomic E-state index is 0.0274. The van der Waals surface area contributed by atoms with E-state index in [0.717, 1.165) is 37.6 Å². The molecule has 5 heterocycles. The number of rotatable bonds is 5. The predicted octanol–water partition coefficient (Wildman–Crippen LogP) is 3.54. The highest BCUT2D eigenvalue weighted by Gasteiger charge is 2.32. The Morgan fingerprint density at radius 1 is 1.21 bits per heavy atom. The van der Waals surface area contributed by atoms with Gasteiger partial charge in [-0.05, 0) is 30.1 Å². The number of hydrogen-bond donors (Lipinski definition) is 1. The molecule has 0 saturated carbocycles. The summed E-state index contributed by atoms with van der Waals surface area (Å²) in [5, 5.41) is 17.6. The number of thiazole rings is 1. The van der Waals surface area contributed by atoms with Gasteiger partial charge in [0, 0.05) is 31.1 Å². The van der Waals surface area contributed by atoms with Crippen molar-refractivity contribution in [1.82, 2.24) is 24.4 Å². The van der Waals surface area contributed by atoms with E-state index in [1.54, 1.807) is 23.7 Å². The molecule has 1 aliphatic rings. The van der Waals surface area contributed by atoms with Crippen molar-refractivity contribution in [1.29, 1.82) is 0 Å². The molecule has 0 aliphatic carbocycles. The van der Waals surface area contributed by atoms with Crippen LogP contribution in [-0.2, 0) is 0 Å². The lowest BCUT2D eigenvalue weighted by molar-refractivity contribution is 0.114. The first-order valence-corrected chi connectivity index (χ1v) is 11.1. The van der Waals surface area contributed by atoms with Crippen LogP contribution >= 0.6 is 22.7 Å². The molecule has 4 aromatic rings. The van der Waals surface area contributed by atoms with Crippen LogP contribution in [0.1, 0.15) is 22.7 Å². The van der Waals surface area contributed by atoms with Crippen LogP contribution < -0.4 is 0 Å². The van der Waals surface area contributed by atoms with Crippen LogP contribution in [0.3, 0.4) is 0 Å². The monoisotopic (exact) mass is 415 g/mol. The standard InChI is InChI=1S/C19H21N5O2S2/c1-2-22-7-9-23(10-8-22)15(14-6-4-12-27-14)16-18(25)24-19(28-16)20-17(21-24)13-5-3-11-26-13/h3-6,11-12,15,25H,2,7-10H2,1H3/t15-/m0/s1. The van der Waals surface area contributed by atoms with E-state index >= 15 is 0 Å². The van der Waals surface area contributed by atoms with Gasteiger partial charge >= 0.3 is 0 Å². The van der Waals surface area contributed by atoms with Crippen LogP contribution in [0.4, 0.5) is 0 Å². The smallest absolute Gasteiger partial charge is 0.230 e. The second-order valence-electron chi connectivity index (χ2n) is 6.79. The molecule has 0 unspecified atom stereocenters. The maximum Gasteiger partial charge on any atom is 0.230 e. The highest BCUT2D eigenvalue weighted by molar-refractivity contribution is 7.17. The lowest BCUT2D eigenvalue weighted by Gasteiger charge is -2.38. The molecule has 1 atom stereocenters. The van der Waals surface area contributed by atoms with Gasteiger partial charge in [-0.2, -0.15) is 9.50 Å². The largest absolute Gasteiger partial charge is 0.492 e. The summed E-state index contributed by atoms with van der Waals surface area (Å²) in [5.74, 6) is 1.26. The fraction of sp³-hybridized carbons (Fsp3) is 0.368. The second kappa shape index (κ2) is 7.32. The van der Waals surface area contributed by atoms with Gasteiger partial charge in [-0.3, -0.25) is 4.90 Å². The molecule has 0 bridgehead atoms. The second-order valence-corrected chi connectivity index (χ2v) is 8.77. The van der Waals surface area contributed by atoms with Gasteiger partial charge in [0.1, 0.15) is 0 Å². The number of aromatic hydroxyl groups is 1. The van der Waals surface area contributed by atoms with Crippen molar-refractivity contribution in [2.24, 2.45) is 0 Å². The van der Waals surface area contributed by atoms with Crippen LogP contribution in [0.5, 0.6) is 5.88 Å². The summed E-state index contributed by atoms with van der Waals surface area (Å²) in [6.45, 7) is 7.32. The minimum Gasteiger partial charge on any atom is -0.492 e. The molecule has 4 aromatic heterocycles. The zero-order chi connectivity index (χ0) is 19.1. The molecule has 28 heavy (non-hydrogen) atoms. The molecule has 0 spiro atoms. The average molecular weight is 416 g/mol. The highest BCUT2D eigenvalue weighted by Crippen LogP contribution is 2.42. The van der Waals surface area contributed by atoms with Crippen molar-refractivity contribution in [2.45, 2.75) is 13.0 Å². The number of aromatic nitrogens is 3. The highest BCUT2D eigenvalue weighted by atomic mass is 32.1. The van der Waals surface area contributed by atoms with Gasteiger partial charge in [0.25, 0.3) is 0 Å². The third-order valence-electron chi connectivity index (χ3n) is 5.22. The summed E-state index contributed by atoms with van der Waals surface area (Å²) < 4.78 is 6.91. The lowest BCUT2D eigenvalue weighted by Crippen LogP contribution is -2.47. The molecule has 1 fully saturated rings. The van der Waals surface area contributed by atoms with Crippen molar-refractivity contribution in [3.8, 4) is 17.5 Å². The fourth-order valence-electron chi connectivity index (χ4n) is 3.70. The zero-order valence-corrected chi connectivity index (χ0v) is 17.1. The van der Waals surface area contributed by atoms with E-state index in [2.05, 4.69) is 44.3 Å². The summed E-state index contributed by atoms with van der Waals surface area (Å²) in [4.78, 5) is 12.3. The number of piperazine rings is 1. The van der Waals surface area contributed by atoms with Crippen LogP contribution in [-0.4, -0.2) is 62.2 Å². The average Bonchev–Trinajstić information content (AvgIpc) is 3.50. The van der Waals surface area contributed by atoms with Gasteiger partial charge in [0.2, 0.25) is 16.7 Å². The normalized spacial score (nSPS) is 17.5. The Bertz CT molecular complexity index is 1050. The lowest BCUT2D eigenvalue weighted by atomic mass is 10.1. The SMILES string of the molecule is CCN1CCN([C@@H](c2cccs2)c2sc3nc(-c4ccco4)nn3c2O)CC1. The molecule has 5 rings (SSSR count). The molecule has 146 valence electrons. The van der Waals surface area contributed by atoms with Crippen LogP contribution in [0.25, 0.3) is 16.5 Å². The quantitative estimate of drug-likeness (QED) is 0.538. The Hall–Kier alpha value is -2.20. The maximum atomic E-state index is 11.0. The maximum absolute atomic E-state index is 11.0. The molecule has 0 radical (unpaired) electrons. The number of thiophene rings is 1. The first-order chi connectivity index (χ1) is 13.7. The van der Waals surface area contributed by atoms with Gasteiger partial charge < -0.3 is 14.4 Å². The molecule has 7 nitrogen and oxygen atoms in total. The Morgan fingerprint density at radius 2 is 2.07 bits per heavy atom. The third-order valence-corrected chi connectivity index (χ3v) is 7.22. The van der Waals surface area contributed by atoms with Gasteiger partial charge in [-0.15, -0.1) is 16.4 Å². The van der Waals surface area contributed by atoms with Crippen LogP contribution in [0, 0.1) is 0 Å². The molecule has 9 heteroatoms. The molecule has 1 N–H and O–H groups in total. The molecule has 1 saturated heterocycles. The number of nitrogens with zero attached hydrogens (tertiary/aromatic N) is 5. The summed E-state index contributed by atoms with van der Waals surface area (Å²) in [6.07, 6.45) is 1.60. The van der Waals surface area contributed by atoms with Crippen molar-refractivity contribution >= 4 is 27.6 Å². The molecule has 0 aromatic carbocycles. The number of fused-ring (bicyclic) bond motifs is 1. The van der Waals surface area contributed by atoms with E-state index in [-0.39, 0.29) is 11.9 Å². The van der Waals surface area contributed by atoms with Gasteiger partial charge in [-0.1, -0.05) is 24.3 Å². The Morgan fingerprint density at radius 3 is 2.71 bits per heavy atom. The van der Waals surface area contributed by atoms with Gasteiger partial charge in [0.05, 0.1) is 17.2 Å². The number of hydrogen-bond acceptors (Lipinski definition) is 8. The summed E-state index contributed by atoms with van der Waals surface area (Å²) in [7, 11) is 0. The number of furan rings is 1. The van der Waals surface area contributed by atoms with E-state index in [1.807, 2.05) is 6.07 Å². The number of likely N-dealkylation sites (N-methyl/N-ethyl adjacent to an activating group) is 1. The summed E-state index contributed by atoms with van der Waals surface area (Å²) in [6, 6.07) is 7.86. The van der Waals surface area contributed by atoms with E-state index < -0.39 is 0 Å². The van der Waals surface area contributed by atoms with Crippen molar-refractivity contribution in [3.63, 3.8) is 0 Å². The predicted molar refractivity (Wildman–Crippen MR) is 110 cm³/mol. The summed E-state index contributed by atoms with van der Waals surface area (Å²) in [5.41, 5.74) is 0. The van der Waals surface area contributed by atoms with E-state index in [9.17, 15) is 5.11 Å². The minimum absolute atomic E-state index is 0.0274. The first kappa shape index (κ1) is 17.9. The molecular weight excluding hydrogens is 394 g/mol. The van der Waals surface area contributed by atoms with Crippen molar-refractivity contribution in [2.75, 3.05) is 32.7 Å². The van der Waals surface area contributed by atoms with E-state index in [0.29, 0.717) is 16.5 Å². The van der Waals surface area contributed by atoms with Gasteiger partial charge in [0.15, 0.2) is 5.76 Å². The van der Waals surface area contributed by atoms with Crippen LogP contribution in [0.2, 0.25) is 0 Å². The molecule has 1 aliphatic heterocycles. The van der Waals surface area contributed by atoms with Gasteiger partial charge in [-0.25, -0.2) is 0 Å². The fourth-order valence-corrected chi connectivity index (χ4v) is 5.75. The Labute approximate surface area is 170 Å². The van der Waals surface area contributed by atoms with Crippen molar-refractivity contribution < 1.29 is 9.52 Å². The Balaban J connectivity index is 1.53. The summed E-state index contributed by atoms with van der Waals surface area (Å²) >= 11 is 3.22. The van der Waals surface area contributed by atoms with Crippen LogP contribution in [0.15, 0.2) is 40.3 Å². The first-order valence-electron chi connectivity index (χ1n) is 9.36. The third kappa shape index (κ3) is 3.04. The molecular formula is C19H21N5O2S2. The van der Waals surface area contributed by atoms with E-state index in [4.69, 9.17) is 4.42 Å². The topological polar surface area (TPSA) is 70.0 Å². The zero-order valence-electron chi connectivity index (χ0n) is 15.5. The molecule has 0 amide bonds.